The lowest BCUT2D eigenvalue weighted by Crippen LogP contribution is -2.22. The Morgan fingerprint density at radius 2 is 1.88 bits per heavy atom. The van der Waals surface area contributed by atoms with Gasteiger partial charge in [0.1, 0.15) is 5.75 Å². The number of carbonyl (C=O) groups excluding carboxylic acids is 1. The summed E-state index contributed by atoms with van der Waals surface area (Å²) in [6, 6.07) is 15.2. The van der Waals surface area contributed by atoms with Gasteiger partial charge in [0.05, 0.1) is 6.61 Å². The predicted molar refractivity (Wildman–Crippen MR) is 96.7 cm³/mol. The minimum Gasteiger partial charge on any atom is -0.483 e. The average molecular weight is 328 g/mol. The third-order valence-corrected chi connectivity index (χ3v) is 3.74. The fourth-order valence-corrected chi connectivity index (χ4v) is 2.36. The van der Waals surface area contributed by atoms with Crippen LogP contribution < -0.4 is 15.0 Å². The maximum atomic E-state index is 12.0. The molecule has 0 radical (unpaired) electrons. The lowest BCUT2D eigenvalue weighted by atomic mass is 10.1. The molecule has 0 atom stereocenters. The number of aliphatic hydroxyl groups excluding tert-OH is 1. The summed E-state index contributed by atoms with van der Waals surface area (Å²) >= 11 is 0. The van der Waals surface area contributed by atoms with Gasteiger partial charge in [0.2, 0.25) is 0 Å². The lowest BCUT2D eigenvalue weighted by Gasteiger charge is -2.18. The second-order valence-corrected chi connectivity index (χ2v) is 5.49. The maximum Gasteiger partial charge on any atom is 0.262 e. The zero-order chi connectivity index (χ0) is 17.4. The monoisotopic (exact) mass is 328 g/mol. The molecule has 128 valence electrons. The summed E-state index contributed by atoms with van der Waals surface area (Å²) in [5.74, 6) is 0.550. The fraction of sp³-hybridized carbons (Fsp3) is 0.316. The lowest BCUT2D eigenvalue weighted by molar-refractivity contribution is -0.118. The number of amides is 1. The van der Waals surface area contributed by atoms with Gasteiger partial charge in [-0.25, -0.2) is 0 Å². The zero-order valence-corrected chi connectivity index (χ0v) is 14.2. The van der Waals surface area contributed by atoms with Crippen molar-refractivity contribution < 1.29 is 14.6 Å². The molecule has 2 rings (SSSR count). The summed E-state index contributed by atoms with van der Waals surface area (Å²) in [6.45, 7) is 2.70. The molecule has 0 spiro atoms. The number of nitrogens with one attached hydrogen (secondary N) is 1. The first-order valence-corrected chi connectivity index (χ1v) is 8.06. The summed E-state index contributed by atoms with van der Waals surface area (Å²) in [5, 5.41) is 11.8. The molecule has 0 aliphatic carbocycles. The largest absolute Gasteiger partial charge is 0.483 e. The van der Waals surface area contributed by atoms with E-state index in [1.54, 1.807) is 0 Å². The van der Waals surface area contributed by atoms with Gasteiger partial charge in [0.25, 0.3) is 5.91 Å². The molecule has 0 saturated carbocycles. The van der Waals surface area contributed by atoms with Crippen LogP contribution in [0.1, 0.15) is 12.5 Å². The second-order valence-electron chi connectivity index (χ2n) is 5.49. The highest BCUT2D eigenvalue weighted by atomic mass is 16.5. The van der Waals surface area contributed by atoms with E-state index in [2.05, 4.69) is 12.2 Å². The first-order valence-electron chi connectivity index (χ1n) is 8.06. The van der Waals surface area contributed by atoms with Gasteiger partial charge in [-0.1, -0.05) is 25.1 Å². The summed E-state index contributed by atoms with van der Waals surface area (Å²) in [5.41, 5.74) is 2.78. The van der Waals surface area contributed by atoms with Gasteiger partial charge in [0, 0.05) is 25.0 Å². The third-order valence-electron chi connectivity index (χ3n) is 3.74. The first kappa shape index (κ1) is 17.8. The molecule has 0 unspecified atom stereocenters. The summed E-state index contributed by atoms with van der Waals surface area (Å²) in [6.07, 6.45) is 0.862. The second kappa shape index (κ2) is 8.93. The first-order chi connectivity index (χ1) is 11.6. The maximum absolute atomic E-state index is 12.0. The molecule has 1 amide bonds. The van der Waals surface area contributed by atoms with E-state index in [1.165, 1.54) is 0 Å². The van der Waals surface area contributed by atoms with E-state index in [1.807, 2.05) is 60.5 Å². The normalized spacial score (nSPS) is 10.3. The molecule has 0 aliphatic rings. The van der Waals surface area contributed by atoms with Crippen LogP contribution in [0.5, 0.6) is 5.75 Å². The van der Waals surface area contributed by atoms with Gasteiger partial charge in [-0.05, 0) is 42.3 Å². The van der Waals surface area contributed by atoms with Crippen molar-refractivity contribution >= 4 is 17.3 Å². The van der Waals surface area contributed by atoms with Crippen LogP contribution in [0.15, 0.2) is 48.5 Å². The average Bonchev–Trinajstić information content (AvgIpc) is 2.61. The van der Waals surface area contributed by atoms with Crippen LogP contribution in [-0.4, -0.2) is 37.8 Å². The Kier molecular flexibility index (Phi) is 6.63. The van der Waals surface area contributed by atoms with Crippen LogP contribution in [0.2, 0.25) is 0 Å². The number of anilines is 2. The number of likely N-dealkylation sites (N-methyl/N-ethyl adjacent to an activating group) is 1. The van der Waals surface area contributed by atoms with Crippen LogP contribution in [0.4, 0.5) is 11.4 Å². The molecule has 0 heterocycles. The summed E-state index contributed by atoms with van der Waals surface area (Å²) < 4.78 is 5.61. The van der Waals surface area contributed by atoms with Crippen LogP contribution in [-0.2, 0) is 11.2 Å². The highest BCUT2D eigenvalue weighted by Gasteiger charge is 2.07. The fourth-order valence-electron chi connectivity index (χ4n) is 2.36. The van der Waals surface area contributed by atoms with Gasteiger partial charge in [-0.3, -0.25) is 4.79 Å². The third kappa shape index (κ3) is 4.99. The predicted octanol–water partition coefficient (Wildman–Crippen LogP) is 2.70. The highest BCUT2D eigenvalue weighted by Crippen LogP contribution is 2.19. The number of hydrogen-bond donors (Lipinski definition) is 2. The molecule has 0 saturated heterocycles. The minimum atomic E-state index is -0.197. The van der Waals surface area contributed by atoms with E-state index in [4.69, 9.17) is 9.84 Å². The van der Waals surface area contributed by atoms with E-state index in [0.29, 0.717) is 12.2 Å². The smallest absolute Gasteiger partial charge is 0.262 e. The molecule has 0 fully saturated rings. The number of carbonyl (C=O) groups is 1. The molecule has 24 heavy (non-hydrogen) atoms. The summed E-state index contributed by atoms with van der Waals surface area (Å²) in [4.78, 5) is 14.0. The molecule has 0 bridgehead atoms. The zero-order valence-electron chi connectivity index (χ0n) is 14.2. The number of para-hydroxylation sites is 1. The summed E-state index contributed by atoms with van der Waals surface area (Å²) in [7, 11) is 1.91. The number of aliphatic hydroxyl groups is 1. The van der Waals surface area contributed by atoms with Crippen LogP contribution >= 0.6 is 0 Å². The van der Waals surface area contributed by atoms with Crippen molar-refractivity contribution in [3.05, 3.63) is 54.1 Å². The molecule has 2 aromatic rings. The van der Waals surface area contributed by atoms with Gasteiger partial charge in [-0.15, -0.1) is 0 Å². The van der Waals surface area contributed by atoms with Crippen LogP contribution in [0, 0.1) is 0 Å². The van der Waals surface area contributed by atoms with Crippen LogP contribution in [0.3, 0.4) is 0 Å². The van der Waals surface area contributed by atoms with Crippen molar-refractivity contribution in [1.29, 1.82) is 0 Å². The van der Waals surface area contributed by atoms with Crippen molar-refractivity contribution in [2.45, 2.75) is 13.3 Å². The van der Waals surface area contributed by atoms with Gasteiger partial charge < -0.3 is 20.1 Å². The Morgan fingerprint density at radius 3 is 2.54 bits per heavy atom. The molecular weight excluding hydrogens is 304 g/mol. The standard InChI is InChI=1S/C19H24N2O3/c1-3-15-6-4-5-7-18(15)24-14-19(23)20-16-8-10-17(11-9-16)21(2)12-13-22/h4-11,22H,3,12-14H2,1-2H3,(H,20,23). The van der Waals surface area contributed by atoms with Crippen molar-refractivity contribution in [2.75, 3.05) is 37.0 Å². The molecule has 5 heteroatoms. The number of hydrogen-bond acceptors (Lipinski definition) is 4. The number of aryl methyl sites for hydroxylation is 1. The SMILES string of the molecule is CCc1ccccc1OCC(=O)Nc1ccc(N(C)CCO)cc1. The molecular formula is C19H24N2O3. The van der Waals surface area contributed by atoms with E-state index in [9.17, 15) is 4.79 Å². The number of ether oxygens (including phenoxy) is 1. The highest BCUT2D eigenvalue weighted by molar-refractivity contribution is 5.92. The Hall–Kier alpha value is -2.53. The van der Waals surface area contributed by atoms with Gasteiger partial charge in [0.15, 0.2) is 6.61 Å². The molecule has 2 N–H and O–H groups in total. The topological polar surface area (TPSA) is 61.8 Å². The van der Waals surface area contributed by atoms with Gasteiger partial charge in [-0.2, -0.15) is 0 Å². The van der Waals surface area contributed by atoms with Crippen molar-refractivity contribution in [1.82, 2.24) is 0 Å². The van der Waals surface area contributed by atoms with Gasteiger partial charge >= 0.3 is 0 Å². The number of nitrogens with zero attached hydrogens (tertiary/aromatic N) is 1. The minimum absolute atomic E-state index is 0.0246. The molecule has 0 aliphatic heterocycles. The Bertz CT molecular complexity index is 656. The molecule has 0 aromatic heterocycles. The number of benzene rings is 2. The van der Waals surface area contributed by atoms with Crippen molar-refractivity contribution in [2.24, 2.45) is 0 Å². The van der Waals surface area contributed by atoms with E-state index in [0.717, 1.165) is 23.4 Å². The Morgan fingerprint density at radius 1 is 1.17 bits per heavy atom. The number of rotatable bonds is 8. The van der Waals surface area contributed by atoms with Crippen molar-refractivity contribution in [3.8, 4) is 5.75 Å². The van der Waals surface area contributed by atoms with E-state index < -0.39 is 0 Å². The van der Waals surface area contributed by atoms with Crippen LogP contribution in [0.25, 0.3) is 0 Å². The molecule has 2 aromatic carbocycles. The van der Waals surface area contributed by atoms with E-state index in [-0.39, 0.29) is 19.1 Å². The molecule has 5 nitrogen and oxygen atoms in total. The Balaban J connectivity index is 1.88. The van der Waals surface area contributed by atoms with E-state index >= 15 is 0 Å². The quantitative estimate of drug-likeness (QED) is 0.782. The van der Waals surface area contributed by atoms with Crippen molar-refractivity contribution in [3.63, 3.8) is 0 Å². The Labute approximate surface area is 142 Å².